The summed E-state index contributed by atoms with van der Waals surface area (Å²) in [6.07, 6.45) is 0. The van der Waals surface area contributed by atoms with Gasteiger partial charge >= 0.3 is 5.97 Å². The minimum atomic E-state index is -4.25. The monoisotopic (exact) mass is 493 g/mol. The zero-order chi connectivity index (χ0) is 24.4. The number of amides is 1. The van der Waals surface area contributed by atoms with E-state index in [2.05, 4.69) is 10.6 Å². The largest absolute Gasteiger partial charge is 0.455 e. The number of nitro groups is 1. The van der Waals surface area contributed by atoms with Crippen molar-refractivity contribution in [1.82, 2.24) is 4.72 Å². The zero-order valence-corrected chi connectivity index (χ0v) is 18.9. The fraction of sp³-hybridized carbons (Fsp3) is 0.211. The fourth-order valence-corrected chi connectivity index (χ4v) is 4.13. The van der Waals surface area contributed by atoms with Crippen LogP contribution < -0.4 is 15.4 Å². The second kappa shape index (κ2) is 11.8. The number of carbonyl (C=O) groups excluding carboxylic acids is 2. The van der Waals surface area contributed by atoms with Crippen LogP contribution in [0.25, 0.3) is 0 Å². The number of benzene rings is 2. The lowest BCUT2D eigenvalue weighted by Crippen LogP contribution is -2.32. The molecule has 0 aliphatic rings. The molecule has 1 amide bonds. The second-order valence-electron chi connectivity index (χ2n) is 6.16. The maximum Gasteiger partial charge on any atom is 0.321 e. The molecule has 2 aromatic carbocycles. The summed E-state index contributed by atoms with van der Waals surface area (Å²) >= 11 is 1.22. The highest BCUT2D eigenvalue weighted by Crippen LogP contribution is 2.27. The molecule has 0 saturated heterocycles. The normalized spacial score (nSPS) is 10.7. The number of nitrogens with one attached hydrogen (secondary N) is 3. The van der Waals surface area contributed by atoms with E-state index in [1.54, 1.807) is 24.3 Å². The van der Waals surface area contributed by atoms with Gasteiger partial charge in [0.05, 0.1) is 27.3 Å². The van der Waals surface area contributed by atoms with Crippen molar-refractivity contribution in [2.24, 2.45) is 0 Å². The number of esters is 1. The number of nitrogens with zero attached hydrogens (tertiary/aromatic N) is 2. The first-order valence-corrected chi connectivity index (χ1v) is 11.6. The van der Waals surface area contributed by atoms with Crippen LogP contribution in [-0.2, 0) is 24.3 Å². The number of para-hydroxylation sites is 1. The predicted octanol–water partition coefficient (Wildman–Crippen LogP) is 1.71. The van der Waals surface area contributed by atoms with Gasteiger partial charge in [-0.25, -0.2) is 8.42 Å². The quantitative estimate of drug-likeness (QED) is 0.180. The van der Waals surface area contributed by atoms with Gasteiger partial charge in [-0.1, -0.05) is 12.1 Å². The summed E-state index contributed by atoms with van der Waals surface area (Å²) in [4.78, 5) is 34.5. The van der Waals surface area contributed by atoms with Crippen LogP contribution in [0.3, 0.4) is 0 Å². The highest BCUT2D eigenvalue weighted by Gasteiger charge is 2.22. The van der Waals surface area contributed by atoms with Gasteiger partial charge < -0.3 is 15.4 Å². The van der Waals surface area contributed by atoms with E-state index in [1.807, 2.05) is 10.8 Å². The summed E-state index contributed by atoms with van der Waals surface area (Å²) in [6.45, 7) is -1.45. The van der Waals surface area contributed by atoms with Gasteiger partial charge in [-0.3, -0.25) is 19.7 Å². The van der Waals surface area contributed by atoms with Crippen LogP contribution in [0, 0.1) is 21.4 Å². The van der Waals surface area contributed by atoms with E-state index in [4.69, 9.17) is 10.00 Å². The van der Waals surface area contributed by atoms with Crippen molar-refractivity contribution in [3.8, 4) is 6.07 Å². The molecule has 0 bridgehead atoms. The Hall–Kier alpha value is -3.67. The molecule has 0 aromatic heterocycles. The van der Waals surface area contributed by atoms with Crippen LogP contribution in [0.5, 0.6) is 0 Å². The third-order valence-corrected chi connectivity index (χ3v) is 6.31. The number of sulfonamides is 1. The summed E-state index contributed by atoms with van der Waals surface area (Å²) in [5.74, 6) is -1.50. The van der Waals surface area contributed by atoms with Crippen LogP contribution in [0.4, 0.5) is 17.1 Å². The second-order valence-corrected chi connectivity index (χ2v) is 8.95. The SMILES string of the molecule is CNc1ccc(S(=O)(=O)NCC(=O)OCC(=O)Nc2ccccc2SCC#N)cc1[N+](=O)[O-]. The van der Waals surface area contributed by atoms with Gasteiger partial charge in [0.25, 0.3) is 11.6 Å². The summed E-state index contributed by atoms with van der Waals surface area (Å²) < 4.78 is 31.4. The summed E-state index contributed by atoms with van der Waals surface area (Å²) in [7, 11) is -2.80. The lowest BCUT2D eigenvalue weighted by Gasteiger charge is -2.11. The number of nitro benzene ring substituents is 1. The average Bonchev–Trinajstić information content (AvgIpc) is 2.80. The number of carbonyl (C=O) groups is 2. The topological polar surface area (TPSA) is 181 Å². The molecule has 14 heteroatoms. The fourth-order valence-electron chi connectivity index (χ4n) is 2.47. The maximum atomic E-state index is 12.3. The van der Waals surface area contributed by atoms with E-state index < -0.39 is 50.6 Å². The molecule has 0 radical (unpaired) electrons. The Labute approximate surface area is 193 Å². The molecular formula is C19H19N5O7S2. The highest BCUT2D eigenvalue weighted by atomic mass is 32.2. The molecule has 3 N–H and O–H groups in total. The molecule has 0 aliphatic heterocycles. The first-order chi connectivity index (χ1) is 15.7. The van der Waals surface area contributed by atoms with E-state index in [0.29, 0.717) is 10.6 Å². The van der Waals surface area contributed by atoms with Crippen molar-refractivity contribution < 1.29 is 27.7 Å². The van der Waals surface area contributed by atoms with Gasteiger partial charge in [-0.05, 0) is 24.3 Å². The molecule has 0 unspecified atom stereocenters. The van der Waals surface area contributed by atoms with Gasteiger partial charge in [0.2, 0.25) is 10.0 Å². The van der Waals surface area contributed by atoms with Crippen molar-refractivity contribution in [3.05, 3.63) is 52.6 Å². The van der Waals surface area contributed by atoms with Gasteiger partial charge in [-0.2, -0.15) is 9.98 Å². The molecule has 12 nitrogen and oxygen atoms in total. The minimum absolute atomic E-state index is 0.122. The molecular weight excluding hydrogens is 474 g/mol. The molecule has 0 spiro atoms. The smallest absolute Gasteiger partial charge is 0.321 e. The van der Waals surface area contributed by atoms with E-state index in [0.717, 1.165) is 12.1 Å². The third kappa shape index (κ3) is 7.45. The Kier molecular flexibility index (Phi) is 9.16. The van der Waals surface area contributed by atoms with Gasteiger partial charge in [0.1, 0.15) is 12.2 Å². The molecule has 174 valence electrons. The minimum Gasteiger partial charge on any atom is -0.455 e. The third-order valence-electron chi connectivity index (χ3n) is 3.97. The Bertz CT molecular complexity index is 1200. The standard InChI is InChI=1S/C19H19N5O7S2/c1-21-14-7-6-13(10-16(14)24(27)28)33(29,30)22-11-19(26)31-12-18(25)23-15-4-2-3-5-17(15)32-9-8-20/h2-7,10,21-22H,9,11-12H2,1H3,(H,23,25). The van der Waals surface area contributed by atoms with Crippen LogP contribution in [0.15, 0.2) is 52.3 Å². The number of hydrogen-bond donors (Lipinski definition) is 3. The Morgan fingerprint density at radius 1 is 1.21 bits per heavy atom. The van der Waals surface area contributed by atoms with Crippen molar-refractivity contribution >= 4 is 50.7 Å². The molecule has 0 saturated carbocycles. The van der Waals surface area contributed by atoms with E-state index in [1.165, 1.54) is 24.9 Å². The van der Waals surface area contributed by atoms with Crippen LogP contribution in [0.2, 0.25) is 0 Å². The van der Waals surface area contributed by atoms with E-state index in [-0.39, 0.29) is 11.4 Å². The molecule has 0 heterocycles. The van der Waals surface area contributed by atoms with Crippen LogP contribution in [-0.4, -0.2) is 51.2 Å². The van der Waals surface area contributed by atoms with Crippen molar-refractivity contribution in [3.63, 3.8) is 0 Å². The Morgan fingerprint density at radius 3 is 2.61 bits per heavy atom. The van der Waals surface area contributed by atoms with Crippen molar-refractivity contribution in [1.29, 1.82) is 5.26 Å². The Morgan fingerprint density at radius 2 is 1.94 bits per heavy atom. The summed E-state index contributed by atoms with van der Waals surface area (Å²) in [5, 5.41) is 24.9. The van der Waals surface area contributed by atoms with E-state index in [9.17, 15) is 28.1 Å². The number of rotatable bonds is 11. The van der Waals surface area contributed by atoms with Crippen LogP contribution >= 0.6 is 11.8 Å². The van der Waals surface area contributed by atoms with Gasteiger partial charge in [0.15, 0.2) is 6.61 Å². The first kappa shape index (κ1) is 25.6. The van der Waals surface area contributed by atoms with Crippen molar-refractivity contribution in [2.75, 3.05) is 36.6 Å². The van der Waals surface area contributed by atoms with Gasteiger partial charge in [0, 0.05) is 18.0 Å². The number of anilines is 2. The maximum absolute atomic E-state index is 12.3. The van der Waals surface area contributed by atoms with E-state index >= 15 is 0 Å². The molecule has 2 aromatic rings. The highest BCUT2D eigenvalue weighted by molar-refractivity contribution is 7.99. The number of hydrogen-bond acceptors (Lipinski definition) is 10. The predicted molar refractivity (Wildman–Crippen MR) is 120 cm³/mol. The van der Waals surface area contributed by atoms with Gasteiger partial charge in [-0.15, -0.1) is 11.8 Å². The van der Waals surface area contributed by atoms with Crippen LogP contribution in [0.1, 0.15) is 0 Å². The lowest BCUT2D eigenvalue weighted by atomic mass is 10.3. The number of nitriles is 1. The summed E-state index contributed by atoms with van der Waals surface area (Å²) in [5.41, 5.74) is 0.107. The number of ether oxygens (including phenoxy) is 1. The Balaban J connectivity index is 1.92. The molecule has 33 heavy (non-hydrogen) atoms. The molecule has 0 atom stereocenters. The average molecular weight is 494 g/mol. The zero-order valence-electron chi connectivity index (χ0n) is 17.2. The molecule has 2 rings (SSSR count). The molecule has 0 aliphatic carbocycles. The molecule has 0 fully saturated rings. The lowest BCUT2D eigenvalue weighted by molar-refractivity contribution is -0.384. The summed E-state index contributed by atoms with van der Waals surface area (Å²) in [6, 6.07) is 11.9. The van der Waals surface area contributed by atoms with Crippen molar-refractivity contribution in [2.45, 2.75) is 9.79 Å². The number of thioether (sulfide) groups is 1. The first-order valence-electron chi connectivity index (χ1n) is 9.18.